The second-order valence-corrected chi connectivity index (χ2v) is 6.59. The van der Waals surface area contributed by atoms with Gasteiger partial charge in [0.05, 0.1) is 10.5 Å². The maximum Gasteiger partial charge on any atom is 0.315 e. The zero-order valence-corrected chi connectivity index (χ0v) is 15.9. The number of nitrogens with zero attached hydrogens (tertiary/aromatic N) is 4. The third kappa shape index (κ3) is 2.95. The number of rotatable bonds is 3. The minimum atomic E-state index is -0.858. The molecule has 2 N–H and O–H groups in total. The second kappa shape index (κ2) is 6.50. The molecule has 2 aromatic heterocycles. The van der Waals surface area contributed by atoms with Gasteiger partial charge in [0.1, 0.15) is 5.56 Å². The molecule has 0 aliphatic heterocycles. The van der Waals surface area contributed by atoms with E-state index in [0.717, 1.165) is 23.3 Å². The van der Waals surface area contributed by atoms with E-state index in [1.54, 1.807) is 20.8 Å². The van der Waals surface area contributed by atoms with Crippen molar-refractivity contribution in [3.05, 3.63) is 48.9 Å². The number of aromatic nitrogens is 3. The molecular weight excluding hydrogens is 424 g/mol. The SMILES string of the molecule is Cc1c(C)c(C)[n+]([O-])c(Br)c1-c1noc(-c2cc(O)c(O)c([N+](=O)[O-])c2)n1. The lowest BCUT2D eigenvalue weighted by atomic mass is 10.0. The van der Waals surface area contributed by atoms with Gasteiger partial charge in [-0.15, -0.1) is 0 Å². The molecular formula is C16H13BrN4O6. The van der Waals surface area contributed by atoms with E-state index in [2.05, 4.69) is 26.1 Å². The van der Waals surface area contributed by atoms with E-state index in [1.807, 2.05) is 0 Å². The number of benzene rings is 1. The fourth-order valence-electron chi connectivity index (χ4n) is 2.58. The van der Waals surface area contributed by atoms with Crippen molar-refractivity contribution in [1.82, 2.24) is 10.1 Å². The number of pyridine rings is 1. The van der Waals surface area contributed by atoms with Crippen molar-refractivity contribution >= 4 is 21.6 Å². The van der Waals surface area contributed by atoms with Crippen LogP contribution in [-0.4, -0.2) is 25.3 Å². The highest BCUT2D eigenvalue weighted by Gasteiger charge is 2.26. The molecule has 0 unspecified atom stereocenters. The van der Waals surface area contributed by atoms with Crippen LogP contribution in [0.2, 0.25) is 0 Å². The Balaban J connectivity index is 2.17. The highest BCUT2D eigenvalue weighted by atomic mass is 79.9. The van der Waals surface area contributed by atoms with E-state index in [9.17, 15) is 25.5 Å². The topological polar surface area (TPSA) is 149 Å². The number of nitro benzene ring substituents is 1. The van der Waals surface area contributed by atoms with Gasteiger partial charge in [0.2, 0.25) is 11.6 Å². The van der Waals surface area contributed by atoms with Gasteiger partial charge < -0.3 is 19.9 Å². The van der Waals surface area contributed by atoms with Crippen molar-refractivity contribution in [3.63, 3.8) is 0 Å². The summed E-state index contributed by atoms with van der Waals surface area (Å²) in [7, 11) is 0. The van der Waals surface area contributed by atoms with Gasteiger partial charge in [-0.3, -0.25) is 10.1 Å². The maximum absolute atomic E-state index is 12.3. The van der Waals surface area contributed by atoms with E-state index in [-0.39, 0.29) is 21.9 Å². The average Bonchev–Trinajstić information content (AvgIpc) is 3.10. The number of hydrogen-bond acceptors (Lipinski definition) is 8. The molecule has 0 saturated carbocycles. The summed E-state index contributed by atoms with van der Waals surface area (Å²) in [6.07, 6.45) is 0. The normalized spacial score (nSPS) is 11.0. The monoisotopic (exact) mass is 436 g/mol. The molecule has 0 aliphatic rings. The van der Waals surface area contributed by atoms with Gasteiger partial charge in [0, 0.05) is 34.5 Å². The van der Waals surface area contributed by atoms with Crippen LogP contribution in [0.25, 0.3) is 22.8 Å². The Morgan fingerprint density at radius 1 is 1.22 bits per heavy atom. The molecule has 1 aromatic carbocycles. The number of hydrogen-bond donors (Lipinski definition) is 2. The molecule has 11 heteroatoms. The highest BCUT2D eigenvalue weighted by Crippen LogP contribution is 2.39. The van der Waals surface area contributed by atoms with Gasteiger partial charge in [-0.05, 0) is 25.5 Å². The molecule has 0 saturated heterocycles. The van der Waals surface area contributed by atoms with Crippen LogP contribution >= 0.6 is 15.9 Å². The summed E-state index contributed by atoms with van der Waals surface area (Å²) in [5.41, 5.74) is 1.80. The van der Waals surface area contributed by atoms with Gasteiger partial charge in [0.25, 0.3) is 10.5 Å². The molecule has 3 aromatic rings. The zero-order valence-electron chi connectivity index (χ0n) is 14.3. The quantitative estimate of drug-likeness (QED) is 0.159. The first-order valence-corrected chi connectivity index (χ1v) is 8.36. The van der Waals surface area contributed by atoms with Crippen LogP contribution in [0.15, 0.2) is 21.3 Å². The van der Waals surface area contributed by atoms with Crippen LogP contribution in [0.1, 0.15) is 16.8 Å². The van der Waals surface area contributed by atoms with Crippen LogP contribution in [0.4, 0.5) is 5.69 Å². The van der Waals surface area contributed by atoms with E-state index in [4.69, 9.17) is 4.52 Å². The van der Waals surface area contributed by atoms with Gasteiger partial charge in [-0.1, -0.05) is 5.16 Å². The van der Waals surface area contributed by atoms with Gasteiger partial charge in [0.15, 0.2) is 11.4 Å². The third-order valence-corrected chi connectivity index (χ3v) is 5.05. The van der Waals surface area contributed by atoms with E-state index >= 15 is 0 Å². The summed E-state index contributed by atoms with van der Waals surface area (Å²) >= 11 is 3.24. The fourth-order valence-corrected chi connectivity index (χ4v) is 3.32. The first-order valence-electron chi connectivity index (χ1n) is 7.57. The van der Waals surface area contributed by atoms with E-state index in [0.29, 0.717) is 16.0 Å². The Labute approximate surface area is 160 Å². The second-order valence-electron chi connectivity index (χ2n) is 5.84. The van der Waals surface area contributed by atoms with Crippen LogP contribution in [0.5, 0.6) is 11.5 Å². The number of phenols is 2. The summed E-state index contributed by atoms with van der Waals surface area (Å²) in [6, 6.07) is 2.07. The fraction of sp³-hybridized carbons (Fsp3) is 0.188. The lowest BCUT2D eigenvalue weighted by Crippen LogP contribution is -2.34. The molecule has 0 aliphatic carbocycles. The summed E-state index contributed by atoms with van der Waals surface area (Å²) in [6.45, 7) is 5.27. The molecule has 0 amide bonds. The van der Waals surface area contributed by atoms with Crippen molar-refractivity contribution in [1.29, 1.82) is 0 Å². The standard InChI is InChI=1S/C16H13BrN4O6/c1-6-7(2)12(14(17)20(24)8(6)3)15-18-16(27-19-15)9-4-10(21(25)26)13(23)11(22)5-9/h4-5,22-23H,1-3H3. The molecule has 0 bridgehead atoms. The Kier molecular flexibility index (Phi) is 4.47. The minimum absolute atomic E-state index is 0.0448. The first-order chi connectivity index (χ1) is 12.6. The summed E-state index contributed by atoms with van der Waals surface area (Å²) in [4.78, 5) is 14.3. The van der Waals surface area contributed by atoms with Crippen LogP contribution in [0, 0.1) is 36.1 Å². The Morgan fingerprint density at radius 2 is 1.89 bits per heavy atom. The Hall–Kier alpha value is -3.21. The molecule has 3 rings (SSSR count). The molecule has 0 fully saturated rings. The molecule has 0 spiro atoms. The molecule has 0 radical (unpaired) electrons. The van der Waals surface area contributed by atoms with Gasteiger partial charge in [-0.2, -0.15) is 9.71 Å². The van der Waals surface area contributed by atoms with E-state index < -0.39 is 22.1 Å². The molecule has 0 atom stereocenters. The van der Waals surface area contributed by atoms with Crippen molar-refractivity contribution in [2.75, 3.05) is 0 Å². The summed E-state index contributed by atoms with van der Waals surface area (Å²) in [5.74, 6) is -1.58. The summed E-state index contributed by atoms with van der Waals surface area (Å²) in [5, 5.41) is 46.4. The highest BCUT2D eigenvalue weighted by molar-refractivity contribution is 9.10. The molecule has 140 valence electrons. The van der Waals surface area contributed by atoms with Crippen molar-refractivity contribution < 1.29 is 24.4 Å². The molecule has 2 heterocycles. The maximum atomic E-state index is 12.3. The number of halogens is 1. The van der Waals surface area contributed by atoms with Crippen molar-refractivity contribution in [2.24, 2.45) is 0 Å². The van der Waals surface area contributed by atoms with Gasteiger partial charge in [-0.25, -0.2) is 0 Å². The zero-order chi connectivity index (χ0) is 20.0. The Morgan fingerprint density at radius 3 is 2.52 bits per heavy atom. The smallest absolute Gasteiger partial charge is 0.315 e. The first kappa shape index (κ1) is 18.6. The largest absolute Gasteiger partial charge is 0.618 e. The predicted molar refractivity (Wildman–Crippen MR) is 96.0 cm³/mol. The number of aromatic hydroxyl groups is 2. The predicted octanol–water partition coefficient (Wildman–Crippen LogP) is 3.04. The van der Waals surface area contributed by atoms with Crippen molar-refractivity contribution in [3.8, 4) is 34.3 Å². The number of nitro groups is 1. The average molecular weight is 437 g/mol. The summed E-state index contributed by atoms with van der Waals surface area (Å²) < 4.78 is 6.05. The lowest BCUT2D eigenvalue weighted by molar-refractivity contribution is -0.623. The Bertz CT molecular complexity index is 1070. The van der Waals surface area contributed by atoms with Crippen LogP contribution in [-0.2, 0) is 0 Å². The third-order valence-electron chi connectivity index (χ3n) is 4.33. The number of phenolic OH excluding ortho intramolecular Hbond substituents is 2. The van der Waals surface area contributed by atoms with Crippen molar-refractivity contribution in [2.45, 2.75) is 20.8 Å². The van der Waals surface area contributed by atoms with E-state index in [1.165, 1.54) is 0 Å². The molecule has 10 nitrogen and oxygen atoms in total. The lowest BCUT2D eigenvalue weighted by Gasteiger charge is -2.11. The van der Waals surface area contributed by atoms with Crippen LogP contribution in [0.3, 0.4) is 0 Å². The molecule has 27 heavy (non-hydrogen) atoms. The van der Waals surface area contributed by atoms with Crippen LogP contribution < -0.4 is 4.73 Å². The van der Waals surface area contributed by atoms with Gasteiger partial charge >= 0.3 is 5.69 Å². The minimum Gasteiger partial charge on any atom is -0.618 e.